The molecule has 19 heteroatoms. The summed E-state index contributed by atoms with van der Waals surface area (Å²) in [5.74, 6) is -0.174. The molecule has 1 aliphatic rings. The highest BCUT2D eigenvalue weighted by Gasteiger charge is 2.51. The zero-order valence-electron chi connectivity index (χ0n) is 21.9. The van der Waals surface area contributed by atoms with Crippen molar-refractivity contribution in [2.24, 2.45) is 5.92 Å². The minimum atomic E-state index is -5.00. The van der Waals surface area contributed by atoms with Crippen LogP contribution in [0.25, 0.3) is 0 Å². The quantitative estimate of drug-likeness (QED) is 0.303. The minimum Gasteiger partial charge on any atom is -0.376 e. The molecule has 0 aliphatic carbocycles. The summed E-state index contributed by atoms with van der Waals surface area (Å²) < 4.78 is 93.5. The number of hydrogen-bond acceptors (Lipinski definition) is 11. The summed E-state index contributed by atoms with van der Waals surface area (Å²) in [5.41, 5.74) is -3.83. The Bertz CT molecular complexity index is 1430. The molecular formula is C21H29F3N6O7S3. The van der Waals surface area contributed by atoms with Crippen molar-refractivity contribution in [1.82, 2.24) is 18.6 Å². The van der Waals surface area contributed by atoms with Gasteiger partial charge in [0.15, 0.2) is 5.60 Å². The SMILES string of the molecule is CC(C)CN(C[C@H]1CN(S(=O)(=O)c2ccc([N+](=O)[O-])s2)CCN1c1ncc(C(C)(O)C(F)(F)F)cn1)S(C)(=O)=O. The molecule has 0 bridgehead atoms. The Labute approximate surface area is 233 Å². The van der Waals surface area contributed by atoms with Crippen LogP contribution in [0.3, 0.4) is 0 Å². The Morgan fingerprint density at radius 1 is 1.20 bits per heavy atom. The highest BCUT2D eigenvalue weighted by molar-refractivity contribution is 7.91. The lowest BCUT2D eigenvalue weighted by atomic mass is 9.99. The van der Waals surface area contributed by atoms with Crippen molar-refractivity contribution in [3.63, 3.8) is 0 Å². The fourth-order valence-electron chi connectivity index (χ4n) is 4.01. The molecule has 1 N–H and O–H groups in total. The van der Waals surface area contributed by atoms with Gasteiger partial charge >= 0.3 is 11.2 Å². The molecular weight excluding hydrogens is 601 g/mol. The smallest absolute Gasteiger partial charge is 0.376 e. The highest BCUT2D eigenvalue weighted by Crippen LogP contribution is 2.38. The lowest BCUT2D eigenvalue weighted by Gasteiger charge is -2.42. The monoisotopic (exact) mass is 630 g/mol. The first-order valence-electron chi connectivity index (χ1n) is 11.8. The number of rotatable bonds is 10. The number of halogens is 3. The Hall–Kier alpha value is -2.45. The van der Waals surface area contributed by atoms with Crippen LogP contribution in [0, 0.1) is 16.0 Å². The number of piperazine rings is 1. The topological polar surface area (TPSA) is 167 Å². The summed E-state index contributed by atoms with van der Waals surface area (Å²) in [5, 5.41) is 20.6. The highest BCUT2D eigenvalue weighted by atomic mass is 32.2. The van der Waals surface area contributed by atoms with Crippen molar-refractivity contribution in [1.29, 1.82) is 0 Å². The third kappa shape index (κ3) is 6.88. The summed E-state index contributed by atoms with van der Waals surface area (Å²) in [6.07, 6.45) is -2.37. The van der Waals surface area contributed by atoms with Crippen LogP contribution in [0.5, 0.6) is 0 Å². The third-order valence-corrected chi connectivity index (χ3v) is 10.9. The molecule has 0 saturated carbocycles. The van der Waals surface area contributed by atoms with Crippen molar-refractivity contribution in [2.75, 3.05) is 43.9 Å². The number of alkyl halides is 3. The van der Waals surface area contributed by atoms with Gasteiger partial charge in [-0.2, -0.15) is 21.8 Å². The van der Waals surface area contributed by atoms with E-state index in [1.807, 2.05) is 0 Å². The molecule has 0 spiro atoms. The standard InChI is InChI=1S/C21H29F3N6O7S3/c1-14(2)11-28(39(4,34)35)13-16-12-27(40(36,37)18-6-5-17(38-18)30(32)33)7-8-29(16)19-25-9-15(10-26-19)20(3,31)21(22,23)24/h5-6,9-10,14,16,31H,7-8,11-13H2,1-4H3/t16-,20?/m1/s1. The molecule has 0 aromatic carbocycles. The van der Waals surface area contributed by atoms with Crippen LogP contribution in [-0.2, 0) is 25.6 Å². The molecule has 2 atom stereocenters. The maximum atomic E-state index is 13.3. The summed E-state index contributed by atoms with van der Waals surface area (Å²) in [6.45, 7) is 3.61. The number of hydrogen-bond donors (Lipinski definition) is 1. The zero-order chi connectivity index (χ0) is 30.3. The van der Waals surface area contributed by atoms with Crippen molar-refractivity contribution in [3.05, 3.63) is 40.2 Å². The van der Waals surface area contributed by atoms with Gasteiger partial charge in [-0.15, -0.1) is 0 Å². The van der Waals surface area contributed by atoms with Crippen molar-refractivity contribution >= 4 is 42.3 Å². The van der Waals surface area contributed by atoms with Crippen LogP contribution in [0.4, 0.5) is 24.1 Å². The summed E-state index contributed by atoms with van der Waals surface area (Å²) >= 11 is 0.483. The van der Waals surface area contributed by atoms with Crippen LogP contribution in [0.2, 0.25) is 0 Å². The van der Waals surface area contributed by atoms with E-state index in [4.69, 9.17) is 0 Å². The molecule has 1 saturated heterocycles. The Morgan fingerprint density at radius 3 is 2.27 bits per heavy atom. The average Bonchev–Trinajstić information content (AvgIpc) is 3.34. The van der Waals surface area contributed by atoms with Crippen LogP contribution >= 0.6 is 11.3 Å². The predicted molar refractivity (Wildman–Crippen MR) is 140 cm³/mol. The maximum Gasteiger partial charge on any atom is 0.421 e. The van der Waals surface area contributed by atoms with Gasteiger partial charge in [0.2, 0.25) is 16.0 Å². The molecule has 3 rings (SSSR count). The lowest BCUT2D eigenvalue weighted by Crippen LogP contribution is -2.59. The van der Waals surface area contributed by atoms with Crippen molar-refractivity contribution in [3.8, 4) is 0 Å². The number of nitrogens with zero attached hydrogens (tertiary/aromatic N) is 6. The van der Waals surface area contributed by atoms with E-state index in [1.54, 1.807) is 13.8 Å². The summed E-state index contributed by atoms with van der Waals surface area (Å²) in [7, 11) is -7.95. The maximum absolute atomic E-state index is 13.3. The number of anilines is 1. The lowest BCUT2D eigenvalue weighted by molar-refractivity contribution is -0.380. The van der Waals surface area contributed by atoms with E-state index >= 15 is 0 Å². The molecule has 1 fully saturated rings. The van der Waals surface area contributed by atoms with E-state index in [9.17, 15) is 45.2 Å². The molecule has 2 aromatic heterocycles. The third-order valence-electron chi connectivity index (χ3n) is 6.25. The molecule has 40 heavy (non-hydrogen) atoms. The first-order chi connectivity index (χ1) is 18.2. The van der Waals surface area contributed by atoms with E-state index in [2.05, 4.69) is 9.97 Å². The Morgan fingerprint density at radius 2 is 1.80 bits per heavy atom. The van der Waals surface area contributed by atoms with E-state index < -0.39 is 48.4 Å². The molecule has 2 aromatic rings. The number of nitro groups is 1. The van der Waals surface area contributed by atoms with Gasteiger partial charge in [-0.3, -0.25) is 10.1 Å². The largest absolute Gasteiger partial charge is 0.421 e. The van der Waals surface area contributed by atoms with Crippen LogP contribution in [0.15, 0.2) is 28.7 Å². The molecule has 0 amide bonds. The first kappa shape index (κ1) is 32.1. The van der Waals surface area contributed by atoms with Gasteiger partial charge in [0.25, 0.3) is 10.0 Å². The molecule has 3 heterocycles. The summed E-state index contributed by atoms with van der Waals surface area (Å²) in [6, 6.07) is 1.32. The van der Waals surface area contributed by atoms with E-state index in [0.717, 1.165) is 35.1 Å². The Kier molecular flexibility index (Phi) is 9.17. The van der Waals surface area contributed by atoms with Crippen molar-refractivity contribution < 1.29 is 40.0 Å². The number of thiophene rings is 1. The van der Waals surface area contributed by atoms with E-state index in [0.29, 0.717) is 18.3 Å². The van der Waals surface area contributed by atoms with Gasteiger partial charge < -0.3 is 10.0 Å². The van der Waals surface area contributed by atoms with E-state index in [-0.39, 0.29) is 53.8 Å². The Balaban J connectivity index is 1.98. The molecule has 224 valence electrons. The fourth-order valence-corrected chi connectivity index (χ4v) is 7.75. The second-order valence-electron chi connectivity index (χ2n) is 9.88. The second-order valence-corrected chi connectivity index (χ2v) is 15.1. The predicted octanol–water partition coefficient (Wildman–Crippen LogP) is 2.01. The molecule has 1 aliphatic heterocycles. The van der Waals surface area contributed by atoms with Gasteiger partial charge in [-0.1, -0.05) is 13.8 Å². The fraction of sp³-hybridized carbons (Fsp3) is 0.619. The first-order valence-corrected chi connectivity index (χ1v) is 15.9. The van der Waals surface area contributed by atoms with Gasteiger partial charge in [0.1, 0.15) is 4.21 Å². The van der Waals surface area contributed by atoms with Crippen LogP contribution < -0.4 is 4.90 Å². The number of aliphatic hydroxyl groups is 1. The minimum absolute atomic E-state index is 0.0638. The average molecular weight is 631 g/mol. The van der Waals surface area contributed by atoms with Gasteiger partial charge in [0, 0.05) is 56.7 Å². The summed E-state index contributed by atoms with van der Waals surface area (Å²) in [4.78, 5) is 19.8. The molecule has 13 nitrogen and oxygen atoms in total. The number of aromatic nitrogens is 2. The normalized spacial score (nSPS) is 19.2. The molecule has 1 unspecified atom stereocenters. The van der Waals surface area contributed by atoms with Crippen molar-refractivity contribution in [2.45, 2.75) is 42.8 Å². The van der Waals surface area contributed by atoms with Gasteiger partial charge in [-0.25, -0.2) is 26.8 Å². The second kappa shape index (κ2) is 11.4. The van der Waals surface area contributed by atoms with Crippen LogP contribution in [0.1, 0.15) is 26.3 Å². The van der Waals surface area contributed by atoms with Crippen LogP contribution in [-0.4, -0.2) is 96.6 Å². The van der Waals surface area contributed by atoms with Gasteiger partial charge in [-0.05, 0) is 30.2 Å². The van der Waals surface area contributed by atoms with Gasteiger partial charge in [0.05, 0.1) is 17.2 Å². The number of sulfonamides is 2. The molecule has 0 radical (unpaired) electrons. The van der Waals surface area contributed by atoms with E-state index in [1.165, 1.54) is 9.21 Å². The zero-order valence-corrected chi connectivity index (χ0v) is 24.4.